The van der Waals surface area contributed by atoms with Gasteiger partial charge in [0.2, 0.25) is 5.76 Å². The lowest BCUT2D eigenvalue weighted by Crippen LogP contribution is -2.13. The van der Waals surface area contributed by atoms with Gasteiger partial charge in [-0.15, -0.1) is 0 Å². The summed E-state index contributed by atoms with van der Waals surface area (Å²) < 4.78 is 10.0. The largest absolute Gasteiger partial charge is 0.495 e. The number of methoxy groups -OCH3 is 1. The standard InChI is InChI=1S/C13H12N2O5/c1-7-11(20-6-14-7)12(16)15-9-5-8(13(17)18)3-4-10(9)19-2/h3-6H,1-2H3,(H,15,16)(H,17,18). The van der Waals surface area contributed by atoms with Crippen molar-refractivity contribution in [1.82, 2.24) is 4.98 Å². The molecule has 1 aromatic heterocycles. The van der Waals surface area contributed by atoms with Gasteiger partial charge >= 0.3 is 5.97 Å². The predicted molar refractivity (Wildman–Crippen MR) is 69.1 cm³/mol. The number of aromatic nitrogens is 1. The van der Waals surface area contributed by atoms with Crippen LogP contribution in [0.2, 0.25) is 0 Å². The molecule has 2 rings (SSSR count). The number of ether oxygens (including phenoxy) is 1. The highest BCUT2D eigenvalue weighted by molar-refractivity contribution is 6.04. The zero-order valence-electron chi connectivity index (χ0n) is 10.8. The summed E-state index contributed by atoms with van der Waals surface area (Å²) in [5.41, 5.74) is 0.722. The van der Waals surface area contributed by atoms with E-state index in [1.54, 1.807) is 6.92 Å². The Labute approximate surface area is 114 Å². The van der Waals surface area contributed by atoms with Gasteiger partial charge in [0.05, 0.1) is 24.1 Å². The average molecular weight is 276 g/mol. The monoisotopic (exact) mass is 276 g/mol. The van der Waals surface area contributed by atoms with Crippen molar-refractivity contribution in [3.63, 3.8) is 0 Å². The fraction of sp³-hybridized carbons (Fsp3) is 0.154. The number of hydrogen-bond acceptors (Lipinski definition) is 5. The minimum Gasteiger partial charge on any atom is -0.495 e. The van der Waals surface area contributed by atoms with Crippen LogP contribution in [0.3, 0.4) is 0 Å². The van der Waals surface area contributed by atoms with E-state index in [0.717, 1.165) is 6.39 Å². The Bertz CT molecular complexity index is 663. The van der Waals surface area contributed by atoms with Crippen LogP contribution in [0.5, 0.6) is 5.75 Å². The molecule has 7 heteroatoms. The molecule has 0 spiro atoms. The first kappa shape index (κ1) is 13.6. The number of aryl methyl sites for hydroxylation is 1. The first-order valence-corrected chi connectivity index (χ1v) is 5.65. The van der Waals surface area contributed by atoms with E-state index in [4.69, 9.17) is 14.3 Å². The second kappa shape index (κ2) is 5.43. The second-order valence-corrected chi connectivity index (χ2v) is 3.94. The Hall–Kier alpha value is -2.83. The highest BCUT2D eigenvalue weighted by Gasteiger charge is 2.17. The van der Waals surface area contributed by atoms with Crippen molar-refractivity contribution in [3.05, 3.63) is 41.6 Å². The fourth-order valence-electron chi connectivity index (χ4n) is 1.64. The SMILES string of the molecule is COc1ccc(C(=O)O)cc1NC(=O)c1ocnc1C. The van der Waals surface area contributed by atoms with Crippen LogP contribution in [0, 0.1) is 6.92 Å². The smallest absolute Gasteiger partial charge is 0.335 e. The minimum atomic E-state index is -1.10. The molecule has 7 nitrogen and oxygen atoms in total. The van der Waals surface area contributed by atoms with E-state index >= 15 is 0 Å². The Kier molecular flexibility index (Phi) is 3.69. The van der Waals surface area contributed by atoms with Gasteiger partial charge in [0.25, 0.3) is 5.91 Å². The van der Waals surface area contributed by atoms with Gasteiger partial charge in [-0.3, -0.25) is 4.79 Å². The number of carboxylic acids is 1. The van der Waals surface area contributed by atoms with Gasteiger partial charge in [0.1, 0.15) is 5.75 Å². The van der Waals surface area contributed by atoms with E-state index in [1.165, 1.54) is 25.3 Å². The summed E-state index contributed by atoms with van der Waals surface area (Å²) in [6, 6.07) is 4.16. The maximum Gasteiger partial charge on any atom is 0.335 e. The van der Waals surface area contributed by atoms with Gasteiger partial charge in [0.15, 0.2) is 6.39 Å². The second-order valence-electron chi connectivity index (χ2n) is 3.94. The molecule has 0 fully saturated rings. The van der Waals surface area contributed by atoms with E-state index in [0.29, 0.717) is 11.4 Å². The molecule has 2 N–H and O–H groups in total. The van der Waals surface area contributed by atoms with Crippen molar-refractivity contribution < 1.29 is 23.8 Å². The quantitative estimate of drug-likeness (QED) is 0.884. The third kappa shape index (κ3) is 2.61. The molecule has 0 bridgehead atoms. The van der Waals surface area contributed by atoms with Crippen LogP contribution in [-0.2, 0) is 0 Å². The molecule has 104 valence electrons. The number of rotatable bonds is 4. The van der Waals surface area contributed by atoms with Crippen molar-refractivity contribution >= 4 is 17.6 Å². The number of amides is 1. The van der Waals surface area contributed by atoms with Crippen LogP contribution in [0.15, 0.2) is 29.0 Å². The highest BCUT2D eigenvalue weighted by Crippen LogP contribution is 2.26. The van der Waals surface area contributed by atoms with Crippen LogP contribution in [-0.4, -0.2) is 29.1 Å². The van der Waals surface area contributed by atoms with Crippen LogP contribution in [0.1, 0.15) is 26.6 Å². The number of anilines is 1. The van der Waals surface area contributed by atoms with Crippen molar-refractivity contribution in [3.8, 4) is 5.75 Å². The van der Waals surface area contributed by atoms with E-state index in [-0.39, 0.29) is 17.0 Å². The van der Waals surface area contributed by atoms with Crippen molar-refractivity contribution in [2.75, 3.05) is 12.4 Å². The summed E-state index contributed by atoms with van der Waals surface area (Å²) in [5.74, 6) is -1.21. The minimum absolute atomic E-state index is 0.0374. The molecule has 0 unspecified atom stereocenters. The lowest BCUT2D eigenvalue weighted by atomic mass is 10.2. The maximum absolute atomic E-state index is 12.0. The third-order valence-electron chi connectivity index (χ3n) is 2.65. The zero-order chi connectivity index (χ0) is 14.7. The summed E-state index contributed by atoms with van der Waals surface area (Å²) in [5, 5.41) is 11.5. The van der Waals surface area contributed by atoms with E-state index in [2.05, 4.69) is 10.3 Å². The van der Waals surface area contributed by atoms with Gasteiger partial charge < -0.3 is 19.6 Å². The van der Waals surface area contributed by atoms with Crippen molar-refractivity contribution in [1.29, 1.82) is 0 Å². The third-order valence-corrected chi connectivity index (χ3v) is 2.65. The molecular weight excluding hydrogens is 264 g/mol. The lowest BCUT2D eigenvalue weighted by Gasteiger charge is -2.10. The van der Waals surface area contributed by atoms with Gasteiger partial charge in [0, 0.05) is 0 Å². The number of oxazole rings is 1. The Morgan fingerprint density at radius 1 is 1.40 bits per heavy atom. The summed E-state index contributed by atoms with van der Waals surface area (Å²) in [7, 11) is 1.42. The van der Waals surface area contributed by atoms with Crippen LogP contribution in [0.25, 0.3) is 0 Å². The summed E-state index contributed by atoms with van der Waals surface area (Å²) in [4.78, 5) is 26.8. The number of nitrogens with one attached hydrogen (secondary N) is 1. The molecule has 1 heterocycles. The highest BCUT2D eigenvalue weighted by atomic mass is 16.5. The molecule has 0 saturated carbocycles. The van der Waals surface area contributed by atoms with Crippen LogP contribution in [0.4, 0.5) is 5.69 Å². The number of carbonyl (C=O) groups excluding carboxylic acids is 1. The molecule has 0 aliphatic rings. The number of carboxylic acid groups (broad SMARTS) is 1. The Morgan fingerprint density at radius 3 is 2.70 bits per heavy atom. The molecule has 1 amide bonds. The molecule has 20 heavy (non-hydrogen) atoms. The number of carbonyl (C=O) groups is 2. The first-order valence-electron chi connectivity index (χ1n) is 5.65. The van der Waals surface area contributed by atoms with Crippen molar-refractivity contribution in [2.45, 2.75) is 6.92 Å². The fourth-order valence-corrected chi connectivity index (χ4v) is 1.64. The number of aromatic carboxylic acids is 1. The maximum atomic E-state index is 12.0. The average Bonchev–Trinajstić information content (AvgIpc) is 2.84. The molecule has 0 aliphatic heterocycles. The lowest BCUT2D eigenvalue weighted by molar-refractivity contribution is 0.0696. The summed E-state index contributed by atoms with van der Waals surface area (Å²) in [6.45, 7) is 1.63. The van der Waals surface area contributed by atoms with E-state index in [1.807, 2.05) is 0 Å². The molecule has 2 aromatic rings. The Balaban J connectivity index is 2.32. The number of benzene rings is 1. The van der Waals surface area contributed by atoms with E-state index < -0.39 is 11.9 Å². The van der Waals surface area contributed by atoms with E-state index in [9.17, 15) is 9.59 Å². The van der Waals surface area contributed by atoms with Crippen LogP contribution < -0.4 is 10.1 Å². The van der Waals surface area contributed by atoms with Crippen LogP contribution >= 0.6 is 0 Å². The molecular formula is C13H12N2O5. The first-order chi connectivity index (χ1) is 9.52. The summed E-state index contributed by atoms with van der Waals surface area (Å²) >= 11 is 0. The van der Waals surface area contributed by atoms with Gasteiger partial charge in [-0.1, -0.05) is 0 Å². The molecule has 0 atom stereocenters. The van der Waals surface area contributed by atoms with Crippen molar-refractivity contribution in [2.24, 2.45) is 0 Å². The zero-order valence-corrected chi connectivity index (χ0v) is 10.8. The molecule has 0 saturated heterocycles. The molecule has 1 aromatic carbocycles. The van der Waals surface area contributed by atoms with Gasteiger partial charge in [-0.05, 0) is 25.1 Å². The Morgan fingerprint density at radius 2 is 2.15 bits per heavy atom. The topological polar surface area (TPSA) is 102 Å². The normalized spacial score (nSPS) is 10.1. The predicted octanol–water partition coefficient (Wildman–Crippen LogP) is 1.94. The number of nitrogens with zero attached hydrogens (tertiary/aromatic N) is 1. The van der Waals surface area contributed by atoms with Gasteiger partial charge in [-0.25, -0.2) is 9.78 Å². The number of hydrogen-bond donors (Lipinski definition) is 2. The molecule has 0 radical (unpaired) electrons. The summed E-state index contributed by atoms with van der Waals surface area (Å²) in [6.07, 6.45) is 1.16. The molecule has 0 aliphatic carbocycles. The van der Waals surface area contributed by atoms with Gasteiger partial charge in [-0.2, -0.15) is 0 Å².